The van der Waals surface area contributed by atoms with Gasteiger partial charge in [0, 0.05) is 30.5 Å². The summed E-state index contributed by atoms with van der Waals surface area (Å²) < 4.78 is 0. The van der Waals surface area contributed by atoms with Crippen LogP contribution >= 0.6 is 11.3 Å². The summed E-state index contributed by atoms with van der Waals surface area (Å²) in [6.07, 6.45) is 0.829. The minimum atomic E-state index is -0.0873. The maximum absolute atomic E-state index is 11.8. The second kappa shape index (κ2) is 7.08. The number of benzene rings is 1. The van der Waals surface area contributed by atoms with Gasteiger partial charge in [-0.2, -0.15) is 0 Å². The quantitative estimate of drug-likeness (QED) is 0.716. The summed E-state index contributed by atoms with van der Waals surface area (Å²) in [5, 5.41) is 9.18. The van der Waals surface area contributed by atoms with E-state index in [0.717, 1.165) is 29.4 Å². The number of nitrogen functional groups attached to an aromatic ring is 1. The van der Waals surface area contributed by atoms with E-state index >= 15 is 0 Å². The topological polar surface area (TPSA) is 80.0 Å². The number of nitrogens with zero attached hydrogens (tertiary/aromatic N) is 1. The summed E-state index contributed by atoms with van der Waals surface area (Å²) in [6.45, 7) is 5.22. The number of amides is 1. The standard InChI is InChI=1S/C15H20N4OS/c1-3-17-15(20)11-4-5-13(16)14(8-11)18-7-6-12-9-21-10(2)19-12/h4-5,8-9,18H,3,6-7,16H2,1-2H3,(H,17,20). The lowest BCUT2D eigenvalue weighted by Crippen LogP contribution is -2.22. The van der Waals surface area contributed by atoms with Gasteiger partial charge in [0.25, 0.3) is 5.91 Å². The molecule has 0 radical (unpaired) electrons. The molecule has 2 rings (SSSR count). The summed E-state index contributed by atoms with van der Waals surface area (Å²) in [4.78, 5) is 16.2. The van der Waals surface area contributed by atoms with E-state index in [0.29, 0.717) is 17.8 Å². The molecule has 112 valence electrons. The zero-order valence-electron chi connectivity index (χ0n) is 12.3. The van der Waals surface area contributed by atoms with Crippen molar-refractivity contribution in [3.05, 3.63) is 39.8 Å². The van der Waals surface area contributed by atoms with Crippen molar-refractivity contribution in [2.45, 2.75) is 20.3 Å². The summed E-state index contributed by atoms with van der Waals surface area (Å²) in [5.41, 5.74) is 9.04. The van der Waals surface area contributed by atoms with Gasteiger partial charge in [0.05, 0.1) is 22.1 Å². The largest absolute Gasteiger partial charge is 0.397 e. The molecule has 1 amide bonds. The Bertz CT molecular complexity index is 624. The number of carbonyl (C=O) groups excluding carboxylic acids is 1. The number of carbonyl (C=O) groups is 1. The molecular weight excluding hydrogens is 284 g/mol. The SMILES string of the molecule is CCNC(=O)c1ccc(N)c(NCCc2csc(C)n2)c1. The molecule has 0 unspecified atom stereocenters. The van der Waals surface area contributed by atoms with E-state index in [1.807, 2.05) is 13.8 Å². The first-order valence-corrected chi connectivity index (χ1v) is 7.80. The van der Waals surface area contributed by atoms with Crippen molar-refractivity contribution in [3.8, 4) is 0 Å². The molecule has 0 saturated carbocycles. The second-order valence-electron chi connectivity index (χ2n) is 4.70. The fourth-order valence-electron chi connectivity index (χ4n) is 1.96. The van der Waals surface area contributed by atoms with Gasteiger partial charge in [-0.15, -0.1) is 11.3 Å². The molecule has 1 heterocycles. The number of nitrogens with one attached hydrogen (secondary N) is 2. The molecule has 0 atom stereocenters. The smallest absolute Gasteiger partial charge is 0.251 e. The van der Waals surface area contributed by atoms with Gasteiger partial charge in [0.15, 0.2) is 0 Å². The van der Waals surface area contributed by atoms with Crippen LogP contribution in [0.25, 0.3) is 0 Å². The molecule has 4 N–H and O–H groups in total. The highest BCUT2D eigenvalue weighted by atomic mass is 32.1. The molecule has 6 heteroatoms. The van der Waals surface area contributed by atoms with Gasteiger partial charge >= 0.3 is 0 Å². The molecule has 0 fully saturated rings. The third kappa shape index (κ3) is 4.19. The lowest BCUT2D eigenvalue weighted by molar-refractivity contribution is 0.0956. The number of aryl methyl sites for hydroxylation is 1. The molecule has 5 nitrogen and oxygen atoms in total. The maximum atomic E-state index is 11.8. The Morgan fingerprint density at radius 2 is 2.24 bits per heavy atom. The zero-order chi connectivity index (χ0) is 15.2. The van der Waals surface area contributed by atoms with Crippen LogP contribution in [0.1, 0.15) is 28.0 Å². The number of hydrogen-bond acceptors (Lipinski definition) is 5. The Balaban J connectivity index is 1.98. The van der Waals surface area contributed by atoms with Crippen LogP contribution in [0.4, 0.5) is 11.4 Å². The van der Waals surface area contributed by atoms with Crippen LogP contribution < -0.4 is 16.4 Å². The van der Waals surface area contributed by atoms with Crippen molar-refractivity contribution in [1.82, 2.24) is 10.3 Å². The molecule has 0 bridgehead atoms. The Morgan fingerprint density at radius 3 is 2.90 bits per heavy atom. The first-order valence-electron chi connectivity index (χ1n) is 6.92. The number of thiazole rings is 1. The third-order valence-corrected chi connectivity index (χ3v) is 3.84. The van der Waals surface area contributed by atoms with E-state index in [1.54, 1.807) is 29.5 Å². The van der Waals surface area contributed by atoms with Crippen molar-refractivity contribution < 1.29 is 4.79 Å². The highest BCUT2D eigenvalue weighted by molar-refractivity contribution is 7.09. The van der Waals surface area contributed by atoms with Crippen LogP contribution in [0.2, 0.25) is 0 Å². The summed E-state index contributed by atoms with van der Waals surface area (Å²) in [5.74, 6) is -0.0873. The lowest BCUT2D eigenvalue weighted by Gasteiger charge is -2.11. The first-order chi connectivity index (χ1) is 10.1. The number of aromatic nitrogens is 1. The highest BCUT2D eigenvalue weighted by Gasteiger charge is 2.07. The van der Waals surface area contributed by atoms with E-state index in [9.17, 15) is 4.79 Å². The Labute approximate surface area is 128 Å². The van der Waals surface area contributed by atoms with Gasteiger partial charge in [-0.1, -0.05) is 0 Å². The second-order valence-corrected chi connectivity index (χ2v) is 5.76. The Kier molecular flexibility index (Phi) is 5.16. The number of anilines is 2. The van der Waals surface area contributed by atoms with Crippen molar-refractivity contribution in [3.63, 3.8) is 0 Å². The predicted molar refractivity (Wildman–Crippen MR) is 87.9 cm³/mol. The van der Waals surface area contributed by atoms with Gasteiger partial charge < -0.3 is 16.4 Å². The van der Waals surface area contributed by atoms with Gasteiger partial charge in [-0.3, -0.25) is 4.79 Å². The summed E-state index contributed by atoms with van der Waals surface area (Å²) in [6, 6.07) is 5.27. The molecule has 21 heavy (non-hydrogen) atoms. The van der Waals surface area contributed by atoms with E-state index in [-0.39, 0.29) is 5.91 Å². The molecule has 0 aliphatic rings. The van der Waals surface area contributed by atoms with E-state index < -0.39 is 0 Å². The maximum Gasteiger partial charge on any atom is 0.251 e. The predicted octanol–water partition coefficient (Wildman–Crippen LogP) is 2.44. The first kappa shape index (κ1) is 15.3. The van der Waals surface area contributed by atoms with Crippen LogP contribution in [0, 0.1) is 6.92 Å². The minimum absolute atomic E-state index is 0.0873. The molecule has 0 aliphatic heterocycles. The van der Waals surface area contributed by atoms with Gasteiger partial charge in [0.2, 0.25) is 0 Å². The van der Waals surface area contributed by atoms with Crippen molar-refractivity contribution in [2.75, 3.05) is 24.1 Å². The number of hydrogen-bond donors (Lipinski definition) is 3. The molecule has 2 aromatic rings. The van der Waals surface area contributed by atoms with Crippen LogP contribution in [-0.4, -0.2) is 24.0 Å². The molecule has 1 aromatic carbocycles. The zero-order valence-corrected chi connectivity index (χ0v) is 13.1. The lowest BCUT2D eigenvalue weighted by atomic mass is 10.1. The van der Waals surface area contributed by atoms with Crippen LogP contribution in [-0.2, 0) is 6.42 Å². The Hall–Kier alpha value is -2.08. The average Bonchev–Trinajstić information content (AvgIpc) is 2.87. The summed E-state index contributed by atoms with van der Waals surface area (Å²) in [7, 11) is 0. The monoisotopic (exact) mass is 304 g/mol. The summed E-state index contributed by atoms with van der Waals surface area (Å²) >= 11 is 1.65. The van der Waals surface area contributed by atoms with E-state index in [1.165, 1.54) is 0 Å². The molecule has 0 aliphatic carbocycles. The average molecular weight is 304 g/mol. The highest BCUT2D eigenvalue weighted by Crippen LogP contribution is 2.20. The van der Waals surface area contributed by atoms with E-state index in [4.69, 9.17) is 5.73 Å². The molecule has 0 saturated heterocycles. The normalized spacial score (nSPS) is 10.4. The fraction of sp³-hybridized carbons (Fsp3) is 0.333. The van der Waals surface area contributed by atoms with Gasteiger partial charge in [0.1, 0.15) is 0 Å². The van der Waals surface area contributed by atoms with Gasteiger partial charge in [-0.25, -0.2) is 4.98 Å². The van der Waals surface area contributed by atoms with E-state index in [2.05, 4.69) is 21.0 Å². The van der Waals surface area contributed by atoms with Crippen LogP contribution in [0.15, 0.2) is 23.6 Å². The van der Waals surface area contributed by atoms with Crippen molar-refractivity contribution in [1.29, 1.82) is 0 Å². The molecular formula is C15H20N4OS. The number of rotatable bonds is 6. The van der Waals surface area contributed by atoms with Gasteiger partial charge in [-0.05, 0) is 32.0 Å². The minimum Gasteiger partial charge on any atom is -0.397 e. The van der Waals surface area contributed by atoms with Crippen molar-refractivity contribution >= 4 is 28.6 Å². The van der Waals surface area contributed by atoms with Crippen molar-refractivity contribution in [2.24, 2.45) is 0 Å². The Morgan fingerprint density at radius 1 is 1.43 bits per heavy atom. The van der Waals surface area contributed by atoms with Crippen LogP contribution in [0.3, 0.4) is 0 Å². The fourth-order valence-corrected chi connectivity index (χ4v) is 2.61. The van der Waals surface area contributed by atoms with Crippen LogP contribution in [0.5, 0.6) is 0 Å². The third-order valence-electron chi connectivity index (χ3n) is 3.02. The molecule has 0 spiro atoms. The number of nitrogens with two attached hydrogens (primary N) is 1. The molecule has 1 aromatic heterocycles.